The zero-order chi connectivity index (χ0) is 16.3. The van der Waals surface area contributed by atoms with Gasteiger partial charge in [-0.25, -0.2) is 4.79 Å². The van der Waals surface area contributed by atoms with Crippen molar-refractivity contribution in [2.45, 2.75) is 0 Å². The largest absolute Gasteiger partial charge is 0.693 e. The second-order valence-corrected chi connectivity index (χ2v) is 3.68. The Morgan fingerprint density at radius 3 is 1.83 bits per heavy atom. The Bertz CT molecular complexity index is 494. The fourth-order valence-electron chi connectivity index (χ4n) is 0.905. The second-order valence-electron chi connectivity index (χ2n) is 3.01. The van der Waals surface area contributed by atoms with Gasteiger partial charge in [-0.3, -0.25) is 14.9 Å². The van der Waals surface area contributed by atoms with Crippen molar-refractivity contribution in [2.75, 3.05) is 12.7 Å². The van der Waals surface area contributed by atoms with Gasteiger partial charge in [0.15, 0.2) is 0 Å². The predicted molar refractivity (Wildman–Crippen MR) is 85.4 cm³/mol. The van der Waals surface area contributed by atoms with Gasteiger partial charge in [-0.15, -0.1) is 0 Å². The molecule has 10 nitrogen and oxygen atoms in total. The van der Waals surface area contributed by atoms with E-state index >= 15 is 0 Å². The number of nitro groups is 1. The number of hydrogen-bond donors (Lipinski definition) is 0. The number of ether oxygens (including phenoxy) is 3. The van der Waals surface area contributed by atoms with Crippen molar-refractivity contribution < 1.29 is 111 Å². The molecule has 0 aromatic heterocycles. The molecule has 0 saturated carbocycles. The summed E-state index contributed by atoms with van der Waals surface area (Å²) in [6.07, 6.45) is -1.49. The zero-order valence-electron chi connectivity index (χ0n) is 12.4. The molecule has 0 saturated heterocycles. The van der Waals surface area contributed by atoms with E-state index in [4.69, 9.17) is 10.5 Å². The first-order valence-corrected chi connectivity index (χ1v) is 6.91. The van der Waals surface area contributed by atoms with Crippen molar-refractivity contribution in [1.82, 2.24) is 0 Å². The van der Waals surface area contributed by atoms with Crippen LogP contribution in [-0.4, -0.2) is 29.9 Å². The van der Waals surface area contributed by atoms with Gasteiger partial charge in [0, 0.05) is 94.7 Å². The summed E-state index contributed by atoms with van der Waals surface area (Å²) < 4.78 is 13.2. The number of nitrogens with two attached hydrogens (primary N) is 1. The molecule has 1 rings (SSSR count). The number of amides is 1. The van der Waals surface area contributed by atoms with E-state index in [-0.39, 0.29) is 113 Å². The molecular weight excluding hydrogens is 618 g/mol. The number of benzene rings is 1. The molecule has 2 atom stereocenters. The molecule has 0 aliphatic carbocycles. The van der Waals surface area contributed by atoms with Gasteiger partial charge in [0.2, 0.25) is 6.09 Å². The third-order valence-corrected chi connectivity index (χ3v) is 2.00. The van der Waals surface area contributed by atoms with Crippen LogP contribution in [0.15, 0.2) is 24.3 Å². The van der Waals surface area contributed by atoms with Crippen LogP contribution in [0, 0.1) is 92.7 Å². The van der Waals surface area contributed by atoms with Crippen LogP contribution in [0.25, 0.3) is 11.9 Å². The van der Waals surface area contributed by atoms with Gasteiger partial charge in [0.1, 0.15) is 18.4 Å². The van der Waals surface area contributed by atoms with Crippen LogP contribution in [0.5, 0.6) is 5.75 Å². The molecule has 0 fully saturated rings. The third kappa shape index (κ3) is 17.5. The Balaban J connectivity index is -0.000000194. The zero-order valence-corrected chi connectivity index (χ0v) is 22.1. The number of nitrogens with zero attached hydrogens (tertiary/aromatic N) is 1. The van der Waals surface area contributed by atoms with Crippen LogP contribution in [0.4, 0.5) is 15.3 Å². The average Bonchev–Trinajstić information content (AvgIpc) is 2.40. The van der Waals surface area contributed by atoms with Gasteiger partial charge in [-0.1, -0.05) is 18.5 Å². The molecule has 2 radical (unpaired) electrons. The Labute approximate surface area is 209 Å². The van der Waals surface area contributed by atoms with E-state index in [1.807, 2.05) is 0 Å². The molecule has 1 amide bonds. The van der Waals surface area contributed by atoms with Gasteiger partial charge >= 0.3 is 6.16 Å². The average molecular weight is 633 g/mol. The summed E-state index contributed by atoms with van der Waals surface area (Å²) in [4.78, 5) is 30.1. The van der Waals surface area contributed by atoms with E-state index in [0.29, 0.717) is 0 Å². The van der Waals surface area contributed by atoms with E-state index in [2.05, 4.69) is 28.0 Å². The first-order valence-electron chi connectivity index (χ1n) is 5.28. The molecule has 0 aliphatic heterocycles. The maximum Gasteiger partial charge on any atom is 0.514 e. The molecule has 0 heterocycles. The van der Waals surface area contributed by atoms with Crippen molar-refractivity contribution in [3.8, 4) is 5.75 Å². The molecule has 130 valence electrons. The SMILES string of the molecule is O=C(OCP)Oc1ccc([N+](=O)[O-])cc1.[NH-]C(=O)OCP.[NH2-].[Pr].[Pr]. The molecule has 0 spiro atoms. The maximum atomic E-state index is 10.8. The molecule has 2 unspecified atom stereocenters. The van der Waals surface area contributed by atoms with Gasteiger partial charge in [-0.2, -0.15) is 0 Å². The van der Waals surface area contributed by atoms with Crippen LogP contribution in [-0.2, 0) is 9.47 Å². The number of hydrogen-bond acceptors (Lipinski definition) is 7. The van der Waals surface area contributed by atoms with Crippen LogP contribution in [0.3, 0.4) is 0 Å². The van der Waals surface area contributed by atoms with Crippen LogP contribution >= 0.6 is 18.5 Å². The Morgan fingerprint density at radius 1 is 1.08 bits per heavy atom. The summed E-state index contributed by atoms with van der Waals surface area (Å²) in [7, 11) is 4.36. The summed E-state index contributed by atoms with van der Waals surface area (Å²) in [6, 6.07) is 5.12. The summed E-state index contributed by atoms with van der Waals surface area (Å²) in [6.45, 7) is 0. The molecular formula is C10H15N3O7P2Pr2-2. The van der Waals surface area contributed by atoms with Crippen LogP contribution in [0.2, 0.25) is 0 Å². The molecule has 1 aromatic carbocycles. The molecule has 24 heavy (non-hydrogen) atoms. The van der Waals surface area contributed by atoms with E-state index in [1.165, 1.54) is 24.3 Å². The van der Waals surface area contributed by atoms with Crippen LogP contribution < -0.4 is 4.74 Å². The smallest absolute Gasteiger partial charge is 0.514 e. The standard InChI is InChI=1S/C8H8NO5P.C2H6NO2P.H2N.2Pr/c10-8(13-5-15)14-7-3-1-6(2-4-7)9(11)12;3-2(4)5-1-6;;;/h1-4H,5,15H2;1,6H2,(H2,3,4);1H2;;/q;;-1;;/p-1. The van der Waals surface area contributed by atoms with Gasteiger partial charge in [-0.05, 0) is 12.1 Å². The van der Waals surface area contributed by atoms with E-state index in [0.717, 1.165) is 0 Å². The minimum Gasteiger partial charge on any atom is -0.693 e. The number of carbonyl (C=O) groups is 2. The second kappa shape index (κ2) is 20.0. The fraction of sp³-hybridized carbons (Fsp3) is 0.200. The Kier molecular flexibility index (Phi) is 27.0. The normalized spacial score (nSPS) is 7.75. The number of non-ortho nitro benzene ring substituents is 1. The van der Waals surface area contributed by atoms with Crippen molar-refractivity contribution in [2.24, 2.45) is 0 Å². The van der Waals surface area contributed by atoms with Crippen molar-refractivity contribution in [3.05, 3.63) is 46.3 Å². The van der Waals surface area contributed by atoms with Crippen molar-refractivity contribution >= 4 is 36.4 Å². The van der Waals surface area contributed by atoms with Crippen molar-refractivity contribution in [1.29, 1.82) is 0 Å². The van der Waals surface area contributed by atoms with E-state index in [9.17, 15) is 19.7 Å². The van der Waals surface area contributed by atoms with Gasteiger partial charge in [0.25, 0.3) is 5.69 Å². The number of nitrogens with one attached hydrogen (secondary N) is 1. The molecule has 14 heteroatoms. The Morgan fingerprint density at radius 2 is 1.54 bits per heavy atom. The maximum absolute atomic E-state index is 10.8. The number of carbonyl (C=O) groups excluding carboxylic acids is 2. The predicted octanol–water partition coefficient (Wildman–Crippen LogP) is 3.67. The third-order valence-electron chi connectivity index (χ3n) is 1.66. The number of rotatable bonds is 4. The quantitative estimate of drug-likeness (QED) is 0.161. The summed E-state index contributed by atoms with van der Waals surface area (Å²) in [5.74, 6) is 0.198. The Hall–Kier alpha value is 0.707. The van der Waals surface area contributed by atoms with Crippen molar-refractivity contribution in [3.63, 3.8) is 0 Å². The van der Waals surface area contributed by atoms with Gasteiger partial charge in [0.05, 0.1) is 4.92 Å². The molecule has 3 N–H and O–H groups in total. The topological polar surface area (TPSA) is 162 Å². The monoisotopic (exact) mass is 633 g/mol. The van der Waals surface area contributed by atoms with E-state index in [1.54, 1.807) is 0 Å². The van der Waals surface area contributed by atoms with E-state index < -0.39 is 17.2 Å². The number of nitro benzene ring substituents is 1. The molecule has 0 aliphatic rings. The fourth-order valence-corrected chi connectivity index (χ4v) is 1.19. The molecule has 1 aromatic rings. The van der Waals surface area contributed by atoms with Crippen LogP contribution in [0.1, 0.15) is 0 Å². The minimum atomic E-state index is -0.981. The summed E-state index contributed by atoms with van der Waals surface area (Å²) in [5.41, 5.74) is 6.04. The first kappa shape index (κ1) is 32.4. The summed E-state index contributed by atoms with van der Waals surface area (Å²) >= 11 is 0. The first-order chi connectivity index (χ1) is 9.90. The summed E-state index contributed by atoms with van der Waals surface area (Å²) in [5, 5.41) is 10.3. The van der Waals surface area contributed by atoms with Gasteiger partial charge < -0.3 is 26.1 Å². The minimum absolute atomic E-state index is 0. The molecule has 0 bridgehead atoms.